The Labute approximate surface area is 142 Å². The highest BCUT2D eigenvalue weighted by Gasteiger charge is 2.18. The maximum absolute atomic E-state index is 11.7. The minimum absolute atomic E-state index is 0.159. The molecule has 0 unspecified atom stereocenters. The molecule has 0 spiro atoms. The van der Waals surface area contributed by atoms with E-state index in [0.29, 0.717) is 10.8 Å². The van der Waals surface area contributed by atoms with Crippen molar-refractivity contribution in [2.24, 2.45) is 0 Å². The normalized spacial score (nSPS) is 10.7. The standard InChI is InChI=1S/C14H10I2O4/c15-5-11(17)9-3-1-7-8(14(9)20)2-4-10(13(7)19)12(18)6-16/h1-4,19-20H,5-6H2. The number of rotatable bonds is 4. The summed E-state index contributed by atoms with van der Waals surface area (Å²) in [7, 11) is 0. The molecule has 0 aliphatic rings. The highest BCUT2D eigenvalue weighted by molar-refractivity contribution is 14.1. The average molecular weight is 496 g/mol. The first-order valence-electron chi connectivity index (χ1n) is 5.67. The Hall–Kier alpha value is -0.900. The molecule has 0 radical (unpaired) electrons. The summed E-state index contributed by atoms with van der Waals surface area (Å²) in [6.07, 6.45) is 0. The number of alkyl halides is 2. The molecule has 2 aromatic rings. The number of hydrogen-bond donors (Lipinski definition) is 2. The van der Waals surface area contributed by atoms with Crippen LogP contribution in [0.4, 0.5) is 0 Å². The number of halogens is 2. The number of hydrogen-bond acceptors (Lipinski definition) is 4. The second kappa shape index (κ2) is 6.25. The summed E-state index contributed by atoms with van der Waals surface area (Å²) in [5.41, 5.74) is 0.443. The van der Waals surface area contributed by atoms with E-state index in [9.17, 15) is 19.8 Å². The van der Waals surface area contributed by atoms with Crippen molar-refractivity contribution in [3.05, 3.63) is 35.4 Å². The summed E-state index contributed by atoms with van der Waals surface area (Å²) in [5.74, 6) is -0.685. The second-order valence-electron chi connectivity index (χ2n) is 4.13. The molecule has 4 nitrogen and oxygen atoms in total. The van der Waals surface area contributed by atoms with Crippen LogP contribution in [0, 0.1) is 0 Å². The molecule has 2 N–H and O–H groups in total. The molecule has 0 saturated heterocycles. The highest BCUT2D eigenvalue weighted by Crippen LogP contribution is 2.36. The van der Waals surface area contributed by atoms with Crippen LogP contribution in [0.15, 0.2) is 24.3 Å². The van der Waals surface area contributed by atoms with Crippen LogP contribution >= 0.6 is 45.2 Å². The zero-order chi connectivity index (χ0) is 14.9. The Balaban J connectivity index is 2.71. The van der Waals surface area contributed by atoms with Gasteiger partial charge in [0.2, 0.25) is 0 Å². The van der Waals surface area contributed by atoms with Gasteiger partial charge in [-0.1, -0.05) is 45.2 Å². The second-order valence-corrected chi connectivity index (χ2v) is 5.66. The third-order valence-corrected chi connectivity index (χ3v) is 4.37. The van der Waals surface area contributed by atoms with E-state index in [1.165, 1.54) is 12.1 Å². The van der Waals surface area contributed by atoms with E-state index in [1.807, 2.05) is 45.2 Å². The van der Waals surface area contributed by atoms with E-state index in [4.69, 9.17) is 0 Å². The van der Waals surface area contributed by atoms with Crippen molar-refractivity contribution < 1.29 is 19.8 Å². The van der Waals surface area contributed by atoms with Crippen LogP contribution in [0.5, 0.6) is 11.5 Å². The van der Waals surface area contributed by atoms with E-state index in [1.54, 1.807) is 12.1 Å². The van der Waals surface area contributed by atoms with E-state index in [-0.39, 0.29) is 43.0 Å². The molecule has 0 aliphatic heterocycles. The lowest BCUT2D eigenvalue weighted by molar-refractivity contribution is 0.101. The van der Waals surface area contributed by atoms with E-state index in [2.05, 4.69) is 0 Å². The fourth-order valence-electron chi connectivity index (χ4n) is 1.97. The number of aromatic hydroxyl groups is 2. The van der Waals surface area contributed by atoms with E-state index >= 15 is 0 Å². The molecule has 6 heteroatoms. The molecule has 0 fully saturated rings. The predicted octanol–water partition coefficient (Wildman–Crippen LogP) is 3.49. The number of phenolic OH excluding ortho intramolecular Hbond substituents is 2. The minimum Gasteiger partial charge on any atom is -0.507 e. The molecule has 0 heterocycles. The zero-order valence-electron chi connectivity index (χ0n) is 10.2. The SMILES string of the molecule is O=C(CI)c1ccc2c(O)c(C(=O)CI)ccc2c1O. The average Bonchev–Trinajstić information content (AvgIpc) is 2.47. The minimum atomic E-state index is -0.183. The van der Waals surface area contributed by atoms with Crippen LogP contribution in [0.25, 0.3) is 10.8 Å². The lowest BCUT2D eigenvalue weighted by Gasteiger charge is -2.10. The molecule has 0 bridgehead atoms. The first-order valence-corrected chi connectivity index (χ1v) is 8.72. The Kier molecular flexibility index (Phi) is 4.84. The molecule has 0 saturated carbocycles. The highest BCUT2D eigenvalue weighted by atomic mass is 127. The number of phenols is 2. The quantitative estimate of drug-likeness (QED) is 0.387. The van der Waals surface area contributed by atoms with Gasteiger partial charge in [-0.2, -0.15) is 0 Å². The van der Waals surface area contributed by atoms with Gasteiger partial charge in [0.05, 0.1) is 20.0 Å². The van der Waals surface area contributed by atoms with Crippen LogP contribution in [0.3, 0.4) is 0 Å². The van der Waals surface area contributed by atoms with Crippen molar-refractivity contribution in [1.82, 2.24) is 0 Å². The van der Waals surface area contributed by atoms with Gasteiger partial charge in [0.15, 0.2) is 11.6 Å². The van der Waals surface area contributed by atoms with Crippen LogP contribution < -0.4 is 0 Å². The molecule has 104 valence electrons. The molecule has 2 aromatic carbocycles. The summed E-state index contributed by atoms with van der Waals surface area (Å²) in [6, 6.07) is 6.04. The van der Waals surface area contributed by atoms with Gasteiger partial charge in [-0.3, -0.25) is 9.59 Å². The molecule has 0 aliphatic carbocycles. The molecule has 20 heavy (non-hydrogen) atoms. The third-order valence-electron chi connectivity index (χ3n) is 2.99. The number of Topliss-reactive ketones (excluding diaryl/α,β-unsaturated/α-hetero) is 2. The van der Waals surface area contributed by atoms with Crippen molar-refractivity contribution >= 4 is 67.5 Å². The number of benzene rings is 2. The van der Waals surface area contributed by atoms with Crippen molar-refractivity contribution in [2.75, 3.05) is 8.86 Å². The first kappa shape index (κ1) is 15.5. The van der Waals surface area contributed by atoms with Crippen molar-refractivity contribution in [3.63, 3.8) is 0 Å². The van der Waals surface area contributed by atoms with Gasteiger partial charge in [-0.15, -0.1) is 0 Å². The monoisotopic (exact) mass is 496 g/mol. The zero-order valence-corrected chi connectivity index (χ0v) is 14.5. The van der Waals surface area contributed by atoms with Crippen LogP contribution in [0.2, 0.25) is 0 Å². The van der Waals surface area contributed by atoms with Gasteiger partial charge in [0.25, 0.3) is 0 Å². The van der Waals surface area contributed by atoms with Crippen molar-refractivity contribution in [1.29, 1.82) is 0 Å². The number of carbonyl (C=O) groups excluding carboxylic acids is 2. The Morgan fingerprint density at radius 1 is 0.800 bits per heavy atom. The smallest absolute Gasteiger partial charge is 0.176 e. The molecule has 0 atom stereocenters. The van der Waals surface area contributed by atoms with Gasteiger partial charge in [-0.05, 0) is 24.3 Å². The Bertz CT molecular complexity index is 649. The lowest BCUT2D eigenvalue weighted by Crippen LogP contribution is -2.02. The van der Waals surface area contributed by atoms with Crippen molar-refractivity contribution in [2.45, 2.75) is 0 Å². The Morgan fingerprint density at radius 2 is 1.15 bits per heavy atom. The maximum atomic E-state index is 11.7. The van der Waals surface area contributed by atoms with Crippen molar-refractivity contribution in [3.8, 4) is 11.5 Å². The largest absolute Gasteiger partial charge is 0.507 e. The summed E-state index contributed by atoms with van der Waals surface area (Å²) >= 11 is 3.85. The van der Waals surface area contributed by atoms with Gasteiger partial charge in [-0.25, -0.2) is 0 Å². The van der Waals surface area contributed by atoms with Gasteiger partial charge in [0.1, 0.15) is 11.5 Å². The predicted molar refractivity (Wildman–Crippen MR) is 93.7 cm³/mol. The number of ketones is 2. The molecular formula is C14H10I2O4. The van der Waals surface area contributed by atoms with Gasteiger partial charge in [0, 0.05) is 10.8 Å². The fourth-order valence-corrected chi connectivity index (χ4v) is 2.79. The molecule has 0 amide bonds. The van der Waals surface area contributed by atoms with Crippen LogP contribution in [-0.4, -0.2) is 30.6 Å². The Morgan fingerprint density at radius 3 is 1.45 bits per heavy atom. The summed E-state index contributed by atoms with van der Waals surface area (Å²) in [6.45, 7) is 0. The molecular weight excluding hydrogens is 486 g/mol. The number of fused-ring (bicyclic) bond motifs is 1. The summed E-state index contributed by atoms with van der Waals surface area (Å²) < 4.78 is 0.516. The van der Waals surface area contributed by atoms with Crippen LogP contribution in [0.1, 0.15) is 20.7 Å². The van der Waals surface area contributed by atoms with Gasteiger partial charge >= 0.3 is 0 Å². The summed E-state index contributed by atoms with van der Waals surface area (Å²) in [4.78, 5) is 23.4. The molecule has 0 aromatic heterocycles. The molecule has 2 rings (SSSR count). The lowest BCUT2D eigenvalue weighted by atomic mass is 9.99. The van der Waals surface area contributed by atoms with E-state index < -0.39 is 0 Å². The summed E-state index contributed by atoms with van der Waals surface area (Å²) in [5, 5.41) is 21.0. The number of carbonyl (C=O) groups is 2. The van der Waals surface area contributed by atoms with Gasteiger partial charge < -0.3 is 10.2 Å². The topological polar surface area (TPSA) is 74.6 Å². The maximum Gasteiger partial charge on any atom is 0.176 e. The first-order chi connectivity index (χ1) is 9.51. The van der Waals surface area contributed by atoms with Crippen LogP contribution in [-0.2, 0) is 0 Å². The third kappa shape index (κ3) is 2.62. The fraction of sp³-hybridized carbons (Fsp3) is 0.143. The van der Waals surface area contributed by atoms with E-state index in [0.717, 1.165) is 0 Å².